The van der Waals surface area contributed by atoms with Crippen LogP contribution in [0.4, 0.5) is 0 Å². The first-order valence-electron chi connectivity index (χ1n) is 6.91. The molecule has 4 heteroatoms. The Balaban J connectivity index is 1.98. The number of nitrogens with two attached hydrogens (primary N) is 1. The third-order valence-electron chi connectivity index (χ3n) is 3.68. The zero-order valence-corrected chi connectivity index (χ0v) is 12.1. The van der Waals surface area contributed by atoms with E-state index in [1.54, 1.807) is 11.8 Å². The monoisotopic (exact) mass is 265 g/mol. The van der Waals surface area contributed by atoms with Gasteiger partial charge in [-0.05, 0) is 38.2 Å². The van der Waals surface area contributed by atoms with E-state index >= 15 is 0 Å². The minimum Gasteiger partial charge on any atom is -0.327 e. The Morgan fingerprint density at radius 1 is 1.44 bits per heavy atom. The predicted molar refractivity (Wildman–Crippen MR) is 76.6 cm³/mol. The quantitative estimate of drug-likeness (QED) is 0.850. The average Bonchev–Trinajstić information content (AvgIpc) is 2.34. The Kier molecular flexibility index (Phi) is 5.01. The van der Waals surface area contributed by atoms with Crippen molar-refractivity contribution in [3.05, 3.63) is 18.0 Å². The molecule has 3 nitrogen and oxygen atoms in total. The molecular weight excluding hydrogens is 242 g/mol. The van der Waals surface area contributed by atoms with Crippen molar-refractivity contribution in [2.24, 2.45) is 11.7 Å². The third kappa shape index (κ3) is 3.69. The number of rotatable bonds is 4. The summed E-state index contributed by atoms with van der Waals surface area (Å²) >= 11 is 1.77. The Labute approximate surface area is 114 Å². The van der Waals surface area contributed by atoms with Crippen molar-refractivity contribution in [2.75, 3.05) is 0 Å². The van der Waals surface area contributed by atoms with E-state index in [0.29, 0.717) is 11.3 Å². The number of aromatic nitrogens is 2. The van der Waals surface area contributed by atoms with Crippen LogP contribution in [0.25, 0.3) is 0 Å². The van der Waals surface area contributed by atoms with E-state index in [1.807, 2.05) is 19.2 Å². The number of aryl methyl sites for hydroxylation is 1. The Hall–Kier alpha value is -0.610. The van der Waals surface area contributed by atoms with Crippen molar-refractivity contribution in [2.45, 2.75) is 62.4 Å². The van der Waals surface area contributed by atoms with Gasteiger partial charge in [-0.15, -0.1) is 0 Å². The van der Waals surface area contributed by atoms with Crippen molar-refractivity contribution in [3.8, 4) is 0 Å². The normalized spacial score (nSPS) is 28.3. The van der Waals surface area contributed by atoms with E-state index in [1.165, 1.54) is 25.7 Å². The summed E-state index contributed by atoms with van der Waals surface area (Å²) in [5.74, 6) is 0.845. The van der Waals surface area contributed by atoms with Crippen LogP contribution in [0.1, 0.15) is 44.7 Å². The molecule has 0 saturated heterocycles. The Morgan fingerprint density at radius 3 is 3.00 bits per heavy atom. The summed E-state index contributed by atoms with van der Waals surface area (Å²) in [7, 11) is 0. The Bertz CT molecular complexity index is 383. The molecule has 0 aromatic carbocycles. The predicted octanol–water partition coefficient (Wildman–Crippen LogP) is 3.17. The number of thioether (sulfide) groups is 1. The molecule has 0 radical (unpaired) electrons. The molecule has 100 valence electrons. The molecule has 3 atom stereocenters. The second kappa shape index (κ2) is 6.53. The van der Waals surface area contributed by atoms with Gasteiger partial charge in [0.2, 0.25) is 0 Å². The first-order valence-corrected chi connectivity index (χ1v) is 7.79. The van der Waals surface area contributed by atoms with Crippen molar-refractivity contribution >= 4 is 11.8 Å². The summed E-state index contributed by atoms with van der Waals surface area (Å²) in [6, 6.07) is 2.23. The largest absolute Gasteiger partial charge is 0.327 e. The molecule has 0 amide bonds. The highest BCUT2D eigenvalue weighted by Crippen LogP contribution is 2.36. The standard InChI is InChI=1S/C14H23N3S/c1-3-4-11-5-6-12(15)13(9-11)18-14-16-8-7-10(2)17-14/h7-8,11-13H,3-6,9,15H2,1-2H3. The lowest BCUT2D eigenvalue weighted by Gasteiger charge is -2.33. The maximum atomic E-state index is 6.25. The zero-order chi connectivity index (χ0) is 13.0. The molecule has 1 fully saturated rings. The van der Waals surface area contributed by atoms with Crippen molar-refractivity contribution < 1.29 is 0 Å². The molecule has 2 N–H and O–H groups in total. The minimum atomic E-state index is 0.298. The van der Waals surface area contributed by atoms with E-state index in [4.69, 9.17) is 5.73 Å². The summed E-state index contributed by atoms with van der Waals surface area (Å²) in [4.78, 5) is 8.80. The van der Waals surface area contributed by atoms with Crippen molar-refractivity contribution in [1.82, 2.24) is 9.97 Å². The van der Waals surface area contributed by atoms with Gasteiger partial charge < -0.3 is 5.73 Å². The Morgan fingerprint density at radius 2 is 2.28 bits per heavy atom. The van der Waals surface area contributed by atoms with E-state index in [2.05, 4.69) is 16.9 Å². The van der Waals surface area contributed by atoms with Crippen LogP contribution in [-0.4, -0.2) is 21.3 Å². The van der Waals surface area contributed by atoms with Crippen LogP contribution < -0.4 is 5.73 Å². The van der Waals surface area contributed by atoms with Crippen LogP contribution in [0.2, 0.25) is 0 Å². The van der Waals surface area contributed by atoms with Gasteiger partial charge in [-0.1, -0.05) is 31.5 Å². The molecule has 3 unspecified atom stereocenters. The number of nitrogens with zero attached hydrogens (tertiary/aromatic N) is 2. The summed E-state index contributed by atoms with van der Waals surface area (Å²) < 4.78 is 0. The highest BCUT2D eigenvalue weighted by Gasteiger charge is 2.29. The molecule has 0 aliphatic heterocycles. The van der Waals surface area contributed by atoms with Crippen LogP contribution in [0, 0.1) is 12.8 Å². The van der Waals surface area contributed by atoms with Crippen LogP contribution in [-0.2, 0) is 0 Å². The molecule has 1 saturated carbocycles. The first kappa shape index (κ1) is 13.8. The molecule has 2 rings (SSSR count). The molecular formula is C14H23N3S. The number of hydrogen-bond acceptors (Lipinski definition) is 4. The van der Waals surface area contributed by atoms with Gasteiger partial charge in [-0.2, -0.15) is 0 Å². The van der Waals surface area contributed by atoms with Gasteiger partial charge in [0.25, 0.3) is 0 Å². The number of hydrogen-bond donors (Lipinski definition) is 1. The van der Waals surface area contributed by atoms with Crippen LogP contribution in [0.15, 0.2) is 17.4 Å². The van der Waals surface area contributed by atoms with Crippen LogP contribution >= 0.6 is 11.8 Å². The van der Waals surface area contributed by atoms with Gasteiger partial charge in [-0.3, -0.25) is 0 Å². The highest BCUT2D eigenvalue weighted by molar-refractivity contribution is 7.99. The fourth-order valence-corrected chi connectivity index (χ4v) is 3.93. The molecule has 1 aliphatic carbocycles. The van der Waals surface area contributed by atoms with E-state index in [9.17, 15) is 0 Å². The first-order chi connectivity index (χ1) is 8.69. The van der Waals surface area contributed by atoms with Crippen molar-refractivity contribution in [3.63, 3.8) is 0 Å². The second-order valence-electron chi connectivity index (χ2n) is 5.27. The lowest BCUT2D eigenvalue weighted by molar-refractivity contribution is 0.316. The molecule has 1 aliphatic rings. The molecule has 18 heavy (non-hydrogen) atoms. The summed E-state index contributed by atoms with van der Waals surface area (Å²) in [5, 5.41) is 1.37. The highest BCUT2D eigenvalue weighted by atomic mass is 32.2. The molecule has 0 spiro atoms. The summed E-state index contributed by atoms with van der Waals surface area (Å²) in [5.41, 5.74) is 7.28. The fourth-order valence-electron chi connectivity index (χ4n) is 2.66. The SMILES string of the molecule is CCCC1CCC(N)C(Sc2nccc(C)n2)C1. The second-order valence-corrected chi connectivity index (χ2v) is 6.47. The minimum absolute atomic E-state index is 0.298. The average molecular weight is 265 g/mol. The van der Waals surface area contributed by atoms with Gasteiger partial charge in [0.15, 0.2) is 5.16 Å². The molecule has 1 aromatic rings. The van der Waals surface area contributed by atoms with Gasteiger partial charge in [0.1, 0.15) is 0 Å². The zero-order valence-electron chi connectivity index (χ0n) is 11.3. The summed E-state index contributed by atoms with van der Waals surface area (Å²) in [6.07, 6.45) is 8.10. The van der Waals surface area contributed by atoms with Gasteiger partial charge >= 0.3 is 0 Å². The lowest BCUT2D eigenvalue weighted by atomic mass is 9.83. The topological polar surface area (TPSA) is 51.8 Å². The lowest BCUT2D eigenvalue weighted by Crippen LogP contribution is -2.38. The third-order valence-corrected chi connectivity index (χ3v) is 4.93. The van der Waals surface area contributed by atoms with Gasteiger partial charge in [-0.25, -0.2) is 9.97 Å². The molecule has 1 aromatic heterocycles. The van der Waals surface area contributed by atoms with Gasteiger partial charge in [0, 0.05) is 23.2 Å². The van der Waals surface area contributed by atoms with Crippen molar-refractivity contribution in [1.29, 1.82) is 0 Å². The maximum Gasteiger partial charge on any atom is 0.188 e. The van der Waals surface area contributed by atoms with Gasteiger partial charge in [0.05, 0.1) is 0 Å². The van der Waals surface area contributed by atoms with E-state index in [-0.39, 0.29) is 0 Å². The summed E-state index contributed by atoms with van der Waals surface area (Å²) in [6.45, 7) is 4.27. The van der Waals surface area contributed by atoms with E-state index < -0.39 is 0 Å². The van der Waals surface area contributed by atoms with Crippen LogP contribution in [0.3, 0.4) is 0 Å². The molecule has 0 bridgehead atoms. The maximum absolute atomic E-state index is 6.25. The fraction of sp³-hybridized carbons (Fsp3) is 0.714. The molecule has 1 heterocycles. The van der Waals surface area contributed by atoms with Crippen LogP contribution in [0.5, 0.6) is 0 Å². The van der Waals surface area contributed by atoms with E-state index in [0.717, 1.165) is 23.2 Å². The smallest absolute Gasteiger partial charge is 0.188 e.